The number of rotatable bonds is 9. The number of nitrogens with two attached hydrogens (primary N) is 1. The minimum atomic E-state index is -0.793. The molecular weight excluding hydrogens is 490 g/mol. The van der Waals surface area contributed by atoms with Crippen LogP contribution in [0.4, 0.5) is 0 Å². The molecular formula is C32H41N3O4. The zero-order valence-corrected chi connectivity index (χ0v) is 23.6. The lowest BCUT2D eigenvalue weighted by Gasteiger charge is -2.39. The number of benzene rings is 2. The summed E-state index contributed by atoms with van der Waals surface area (Å²) in [6, 6.07) is 13.6. The Bertz CT molecular complexity index is 1300. The van der Waals surface area contributed by atoms with Crippen molar-refractivity contribution in [1.82, 2.24) is 4.90 Å². The standard InChI is InChI=1S/C32H41N3O4/c1-5-32(6-2)19-29(37)35(30(33)34-32)26-17-28(39-4)23-15-14-20(16-24(23)26)27(36)13-9-12-25-22-11-8-7-10-21(22)18-31(25,3)38/h7-8,10-11,14-16,25-26,28,38H,5-6,9,12-13,17-19H2,1-4H3,(H2,33,34)/t25-,26-,28+,31-/m1/s1. The van der Waals surface area contributed by atoms with Crippen LogP contribution in [0.2, 0.25) is 0 Å². The third kappa shape index (κ3) is 4.91. The number of nitrogens with zero attached hydrogens (tertiary/aromatic N) is 2. The summed E-state index contributed by atoms with van der Waals surface area (Å²) in [6.45, 7) is 5.98. The number of fused-ring (bicyclic) bond motifs is 2. The average Bonchev–Trinajstić information content (AvgIpc) is 3.41. The highest BCUT2D eigenvalue weighted by atomic mass is 16.5. The highest BCUT2D eigenvalue weighted by Crippen LogP contribution is 2.47. The highest BCUT2D eigenvalue weighted by Gasteiger charge is 2.44. The van der Waals surface area contributed by atoms with Crippen LogP contribution in [0.25, 0.3) is 0 Å². The molecule has 0 saturated heterocycles. The number of methoxy groups -OCH3 is 1. The van der Waals surface area contributed by atoms with E-state index in [9.17, 15) is 14.7 Å². The Morgan fingerprint density at radius 2 is 1.87 bits per heavy atom. The molecule has 1 heterocycles. The van der Waals surface area contributed by atoms with Crippen molar-refractivity contribution in [3.05, 3.63) is 70.3 Å². The van der Waals surface area contributed by atoms with Gasteiger partial charge >= 0.3 is 0 Å². The highest BCUT2D eigenvalue weighted by molar-refractivity contribution is 6.00. The summed E-state index contributed by atoms with van der Waals surface area (Å²) in [5.41, 5.74) is 10.1. The summed E-state index contributed by atoms with van der Waals surface area (Å²) in [4.78, 5) is 33.1. The number of hydrogen-bond acceptors (Lipinski definition) is 6. The molecule has 0 aromatic heterocycles. The number of aliphatic imine (C=N–C) groups is 1. The van der Waals surface area contributed by atoms with Crippen LogP contribution in [0.15, 0.2) is 47.5 Å². The lowest BCUT2D eigenvalue weighted by atomic mass is 9.85. The number of Topliss-reactive ketones (excluding diaryl/α,β-unsaturated/α-hetero) is 1. The monoisotopic (exact) mass is 531 g/mol. The molecule has 7 nitrogen and oxygen atoms in total. The van der Waals surface area contributed by atoms with Gasteiger partial charge in [-0.15, -0.1) is 0 Å². The second-order valence-electron chi connectivity index (χ2n) is 11.8. The van der Waals surface area contributed by atoms with Gasteiger partial charge in [0.25, 0.3) is 0 Å². The van der Waals surface area contributed by atoms with Crippen LogP contribution in [0.3, 0.4) is 0 Å². The number of hydrogen-bond donors (Lipinski definition) is 2. The summed E-state index contributed by atoms with van der Waals surface area (Å²) in [5.74, 6) is 0.313. The number of guanidine groups is 1. The number of ether oxygens (including phenoxy) is 1. The summed E-state index contributed by atoms with van der Waals surface area (Å²) in [5, 5.41) is 11.0. The smallest absolute Gasteiger partial charge is 0.232 e. The molecule has 2 aromatic carbocycles. The molecule has 0 fully saturated rings. The third-order valence-electron chi connectivity index (χ3n) is 9.44. The molecule has 208 valence electrons. The number of carbonyl (C=O) groups excluding carboxylic acids is 2. The molecule has 39 heavy (non-hydrogen) atoms. The molecule has 3 N–H and O–H groups in total. The van der Waals surface area contributed by atoms with Crippen molar-refractivity contribution < 1.29 is 19.4 Å². The molecule has 0 radical (unpaired) electrons. The van der Waals surface area contributed by atoms with Crippen molar-refractivity contribution in [2.75, 3.05) is 7.11 Å². The molecule has 5 rings (SSSR count). The normalized spacial score (nSPS) is 27.3. The fraction of sp³-hybridized carbons (Fsp3) is 0.531. The quantitative estimate of drug-likeness (QED) is 0.423. The zero-order chi connectivity index (χ0) is 27.9. The summed E-state index contributed by atoms with van der Waals surface area (Å²) < 4.78 is 5.76. The maximum Gasteiger partial charge on any atom is 0.232 e. The van der Waals surface area contributed by atoms with E-state index in [1.807, 2.05) is 51.1 Å². The van der Waals surface area contributed by atoms with Crippen LogP contribution in [-0.4, -0.2) is 45.9 Å². The Morgan fingerprint density at radius 1 is 1.13 bits per heavy atom. The van der Waals surface area contributed by atoms with Gasteiger partial charge in [0.2, 0.25) is 5.91 Å². The Kier molecular flexibility index (Phi) is 7.42. The van der Waals surface area contributed by atoms with E-state index in [0.29, 0.717) is 37.7 Å². The fourth-order valence-electron chi connectivity index (χ4n) is 7.03. The van der Waals surface area contributed by atoms with E-state index in [1.165, 1.54) is 11.1 Å². The van der Waals surface area contributed by atoms with E-state index >= 15 is 0 Å². The lowest BCUT2D eigenvalue weighted by molar-refractivity contribution is -0.131. The molecule has 2 aromatic rings. The lowest BCUT2D eigenvalue weighted by Crippen LogP contribution is -2.52. The van der Waals surface area contributed by atoms with E-state index in [-0.39, 0.29) is 35.7 Å². The first-order chi connectivity index (χ1) is 18.6. The zero-order valence-electron chi connectivity index (χ0n) is 23.6. The SMILES string of the molecule is CCC1(CC)CC(=O)N([C@@H]2C[C@H](OC)c3ccc(C(=O)CCC[C@@H]4c5ccccc5C[C@@]4(C)O)cc32)C(N)=N1. The van der Waals surface area contributed by atoms with Crippen molar-refractivity contribution in [2.45, 2.75) is 101 Å². The topological polar surface area (TPSA) is 105 Å². The Labute approximate surface area is 231 Å². The van der Waals surface area contributed by atoms with Crippen LogP contribution in [0.1, 0.15) is 116 Å². The fourth-order valence-corrected chi connectivity index (χ4v) is 7.03. The van der Waals surface area contributed by atoms with E-state index in [0.717, 1.165) is 30.4 Å². The van der Waals surface area contributed by atoms with E-state index < -0.39 is 11.1 Å². The average molecular weight is 532 g/mol. The minimum Gasteiger partial charge on any atom is -0.389 e. The largest absolute Gasteiger partial charge is 0.389 e. The van der Waals surface area contributed by atoms with Gasteiger partial charge in [-0.2, -0.15) is 0 Å². The van der Waals surface area contributed by atoms with Gasteiger partial charge in [-0.1, -0.05) is 50.2 Å². The molecule has 0 saturated carbocycles. The Morgan fingerprint density at radius 3 is 2.56 bits per heavy atom. The van der Waals surface area contributed by atoms with Crippen LogP contribution in [-0.2, 0) is 16.0 Å². The van der Waals surface area contributed by atoms with Crippen molar-refractivity contribution in [1.29, 1.82) is 0 Å². The molecule has 0 unspecified atom stereocenters. The van der Waals surface area contributed by atoms with Gasteiger partial charge in [0.05, 0.1) is 29.7 Å². The van der Waals surface area contributed by atoms with Gasteiger partial charge in [0.15, 0.2) is 11.7 Å². The number of ketones is 1. The molecule has 4 atom stereocenters. The summed E-state index contributed by atoms with van der Waals surface area (Å²) in [6.07, 6.45) is 4.73. The molecule has 7 heteroatoms. The predicted octanol–water partition coefficient (Wildman–Crippen LogP) is 5.37. The van der Waals surface area contributed by atoms with Crippen LogP contribution in [0, 0.1) is 0 Å². The summed E-state index contributed by atoms with van der Waals surface area (Å²) >= 11 is 0. The van der Waals surface area contributed by atoms with Gasteiger partial charge < -0.3 is 15.6 Å². The van der Waals surface area contributed by atoms with Crippen LogP contribution >= 0.6 is 0 Å². The second kappa shape index (κ2) is 10.5. The molecule has 1 aliphatic heterocycles. The van der Waals surface area contributed by atoms with E-state index in [1.54, 1.807) is 12.0 Å². The number of amides is 1. The maximum absolute atomic E-state index is 13.4. The first kappa shape index (κ1) is 27.5. The first-order valence-electron chi connectivity index (χ1n) is 14.3. The molecule has 1 amide bonds. The molecule has 0 bridgehead atoms. The van der Waals surface area contributed by atoms with Crippen molar-refractivity contribution in [2.24, 2.45) is 10.7 Å². The van der Waals surface area contributed by atoms with Crippen molar-refractivity contribution in [3.63, 3.8) is 0 Å². The third-order valence-corrected chi connectivity index (χ3v) is 9.44. The van der Waals surface area contributed by atoms with Crippen LogP contribution in [0.5, 0.6) is 0 Å². The van der Waals surface area contributed by atoms with Crippen LogP contribution < -0.4 is 5.73 Å². The van der Waals surface area contributed by atoms with E-state index in [2.05, 4.69) is 12.1 Å². The first-order valence-corrected chi connectivity index (χ1v) is 14.3. The van der Waals surface area contributed by atoms with Gasteiger partial charge in [-0.05, 0) is 60.9 Å². The Hall–Kier alpha value is -3.03. The van der Waals surface area contributed by atoms with E-state index in [4.69, 9.17) is 15.5 Å². The molecule has 2 aliphatic carbocycles. The Balaban J connectivity index is 1.34. The minimum absolute atomic E-state index is 0.0269. The number of carbonyl (C=O) groups is 2. The van der Waals surface area contributed by atoms with Gasteiger partial charge in [-0.25, -0.2) is 4.99 Å². The predicted molar refractivity (Wildman–Crippen MR) is 152 cm³/mol. The molecule has 0 spiro atoms. The summed E-state index contributed by atoms with van der Waals surface area (Å²) in [7, 11) is 1.67. The van der Waals surface area contributed by atoms with Gasteiger partial charge in [0, 0.05) is 37.9 Å². The van der Waals surface area contributed by atoms with Gasteiger partial charge in [-0.3, -0.25) is 14.5 Å². The maximum atomic E-state index is 13.4. The second-order valence-corrected chi connectivity index (χ2v) is 11.8. The van der Waals surface area contributed by atoms with Gasteiger partial charge in [0.1, 0.15) is 0 Å². The number of aliphatic hydroxyl groups is 1. The molecule has 3 aliphatic rings. The van der Waals surface area contributed by atoms with Crippen molar-refractivity contribution >= 4 is 17.6 Å². The van der Waals surface area contributed by atoms with Crippen molar-refractivity contribution in [3.8, 4) is 0 Å².